The Bertz CT molecular complexity index is 1110. The Morgan fingerprint density at radius 3 is 2.57 bits per heavy atom. The van der Waals surface area contributed by atoms with Gasteiger partial charge in [0.1, 0.15) is 24.0 Å². The zero-order chi connectivity index (χ0) is 19.7. The van der Waals surface area contributed by atoms with E-state index in [1.165, 1.54) is 10.5 Å². The normalized spacial score (nSPS) is 16.9. The molecule has 0 saturated heterocycles. The average molecular weight is 398 g/mol. The molecule has 144 valence electrons. The number of benzene rings is 2. The Balaban J connectivity index is 1.68. The van der Waals surface area contributed by atoms with Gasteiger partial charge in [-0.05, 0) is 18.6 Å². The van der Waals surface area contributed by atoms with E-state index in [0.717, 1.165) is 5.56 Å². The minimum atomic E-state index is -0.435. The van der Waals surface area contributed by atoms with Gasteiger partial charge >= 0.3 is 5.69 Å². The van der Waals surface area contributed by atoms with Gasteiger partial charge in [0.05, 0.1) is 6.54 Å². The van der Waals surface area contributed by atoms with Gasteiger partial charge in [0, 0.05) is 10.6 Å². The summed E-state index contributed by atoms with van der Waals surface area (Å²) >= 11 is 6.26. The maximum absolute atomic E-state index is 12.5. The van der Waals surface area contributed by atoms with Crippen LogP contribution in [-0.4, -0.2) is 16.2 Å². The Hall–Kier alpha value is -2.83. The molecule has 0 radical (unpaired) electrons. The first-order valence-corrected chi connectivity index (χ1v) is 9.65. The second-order valence-electron chi connectivity index (χ2n) is 7.08. The monoisotopic (exact) mass is 397 g/mol. The van der Waals surface area contributed by atoms with Crippen LogP contribution in [0.25, 0.3) is 0 Å². The smallest absolute Gasteiger partial charge is 0.324 e. The number of nitrogens with zero attached hydrogens (tertiary/aromatic N) is 1. The SMILES string of the molecule is C[C@H](c1ccccc1)[NH+]1CNc2c(c(=O)[nH]c(=O)n2Cc2ccccc2Cl)C1. The molecule has 3 aromatic rings. The molecule has 0 saturated carbocycles. The lowest BCUT2D eigenvalue weighted by atomic mass is 10.1. The Morgan fingerprint density at radius 1 is 1.11 bits per heavy atom. The van der Waals surface area contributed by atoms with Gasteiger partial charge in [-0.2, -0.15) is 0 Å². The molecule has 1 aliphatic rings. The maximum Gasteiger partial charge on any atom is 0.330 e. The molecule has 3 N–H and O–H groups in total. The standard InChI is InChI=1S/C21H21ClN4O2/c1-14(15-7-3-2-4-8-15)25-12-17-19(23-13-25)26(21(28)24-20(17)27)11-16-9-5-6-10-18(16)22/h2-10,14,23H,11-13H2,1H3,(H,24,27,28)/p+1/t14-/m1/s1. The first-order valence-electron chi connectivity index (χ1n) is 9.27. The third-order valence-electron chi connectivity index (χ3n) is 5.38. The molecule has 1 unspecified atom stereocenters. The summed E-state index contributed by atoms with van der Waals surface area (Å²) in [7, 11) is 0. The van der Waals surface area contributed by atoms with E-state index in [1.54, 1.807) is 10.6 Å². The molecule has 0 spiro atoms. The molecule has 0 amide bonds. The second-order valence-corrected chi connectivity index (χ2v) is 7.49. The number of halogens is 1. The molecular formula is C21H22ClN4O2+. The molecule has 2 heterocycles. The van der Waals surface area contributed by atoms with Crippen LogP contribution in [-0.2, 0) is 13.1 Å². The highest BCUT2D eigenvalue weighted by atomic mass is 35.5. The van der Waals surface area contributed by atoms with Gasteiger partial charge < -0.3 is 10.2 Å². The van der Waals surface area contributed by atoms with Gasteiger partial charge in [0.2, 0.25) is 0 Å². The van der Waals surface area contributed by atoms with Crippen molar-refractivity contribution in [2.75, 3.05) is 12.0 Å². The van der Waals surface area contributed by atoms with Crippen molar-refractivity contribution in [3.8, 4) is 0 Å². The number of hydrogen-bond donors (Lipinski definition) is 3. The summed E-state index contributed by atoms with van der Waals surface area (Å²) in [5, 5.41) is 3.91. The minimum Gasteiger partial charge on any atom is -0.324 e. The predicted molar refractivity (Wildman–Crippen MR) is 110 cm³/mol. The van der Waals surface area contributed by atoms with Crippen LogP contribution in [0.5, 0.6) is 0 Å². The molecule has 0 fully saturated rings. The van der Waals surface area contributed by atoms with Crippen LogP contribution < -0.4 is 21.5 Å². The summed E-state index contributed by atoms with van der Waals surface area (Å²) in [6, 6.07) is 17.8. The van der Waals surface area contributed by atoms with E-state index < -0.39 is 5.69 Å². The number of hydrogen-bond acceptors (Lipinski definition) is 3. The predicted octanol–water partition coefficient (Wildman–Crippen LogP) is 1.77. The van der Waals surface area contributed by atoms with Crippen molar-refractivity contribution in [2.24, 2.45) is 0 Å². The van der Waals surface area contributed by atoms with Crippen molar-refractivity contribution in [3.05, 3.63) is 97.1 Å². The minimum absolute atomic E-state index is 0.213. The number of aromatic nitrogens is 2. The number of fused-ring (bicyclic) bond motifs is 1. The van der Waals surface area contributed by atoms with Crippen molar-refractivity contribution in [2.45, 2.75) is 26.1 Å². The highest BCUT2D eigenvalue weighted by Gasteiger charge is 2.29. The molecule has 1 aromatic heterocycles. The number of rotatable bonds is 4. The number of H-pyrrole nitrogens is 1. The van der Waals surface area contributed by atoms with Crippen LogP contribution in [0.1, 0.15) is 29.7 Å². The fraction of sp³-hybridized carbons (Fsp3) is 0.238. The van der Waals surface area contributed by atoms with Gasteiger partial charge in [-0.25, -0.2) is 4.79 Å². The van der Waals surface area contributed by atoms with E-state index in [0.29, 0.717) is 36.2 Å². The van der Waals surface area contributed by atoms with E-state index in [-0.39, 0.29) is 11.6 Å². The summed E-state index contributed by atoms with van der Waals surface area (Å²) in [6.45, 7) is 3.60. The first kappa shape index (κ1) is 18.5. The number of quaternary nitrogens is 1. The quantitative estimate of drug-likeness (QED) is 0.628. The molecule has 2 aromatic carbocycles. The molecular weight excluding hydrogens is 376 g/mol. The van der Waals surface area contributed by atoms with E-state index in [4.69, 9.17) is 11.6 Å². The summed E-state index contributed by atoms with van der Waals surface area (Å²) in [5.74, 6) is 0.581. The highest BCUT2D eigenvalue weighted by Crippen LogP contribution is 2.19. The molecule has 28 heavy (non-hydrogen) atoms. The molecule has 7 heteroatoms. The summed E-state index contributed by atoms with van der Waals surface area (Å²) in [5.41, 5.74) is 1.87. The average Bonchev–Trinajstić information content (AvgIpc) is 2.72. The Morgan fingerprint density at radius 2 is 1.82 bits per heavy atom. The third-order valence-corrected chi connectivity index (χ3v) is 5.75. The van der Waals surface area contributed by atoms with Crippen LogP contribution in [0.15, 0.2) is 64.2 Å². The van der Waals surface area contributed by atoms with Crippen LogP contribution in [0, 0.1) is 0 Å². The third kappa shape index (κ3) is 3.48. The molecule has 4 rings (SSSR count). The second kappa shape index (κ2) is 7.66. The van der Waals surface area contributed by atoms with Crippen molar-refractivity contribution < 1.29 is 4.90 Å². The lowest BCUT2D eigenvalue weighted by molar-refractivity contribution is -0.941. The van der Waals surface area contributed by atoms with Crippen LogP contribution in [0.2, 0.25) is 5.02 Å². The maximum atomic E-state index is 12.5. The Labute approximate surface area is 167 Å². The summed E-state index contributed by atoms with van der Waals surface area (Å²) in [6.07, 6.45) is 0. The van der Waals surface area contributed by atoms with Gasteiger partial charge in [-0.1, -0.05) is 60.1 Å². The fourth-order valence-corrected chi connectivity index (χ4v) is 3.89. The van der Waals surface area contributed by atoms with Crippen LogP contribution >= 0.6 is 11.6 Å². The molecule has 2 atom stereocenters. The number of anilines is 1. The van der Waals surface area contributed by atoms with E-state index in [9.17, 15) is 9.59 Å². The zero-order valence-corrected chi connectivity index (χ0v) is 16.3. The first-order chi connectivity index (χ1) is 13.5. The topological polar surface area (TPSA) is 71.3 Å². The zero-order valence-electron chi connectivity index (χ0n) is 15.5. The van der Waals surface area contributed by atoms with Gasteiger partial charge in [-0.3, -0.25) is 14.3 Å². The lowest BCUT2D eigenvalue weighted by Gasteiger charge is -2.32. The van der Waals surface area contributed by atoms with Gasteiger partial charge in [0.15, 0.2) is 6.67 Å². The Kier molecular flexibility index (Phi) is 5.07. The van der Waals surface area contributed by atoms with Crippen LogP contribution in [0.4, 0.5) is 5.82 Å². The lowest BCUT2D eigenvalue weighted by Crippen LogP contribution is -3.12. The van der Waals surface area contributed by atoms with Crippen molar-refractivity contribution in [1.29, 1.82) is 0 Å². The molecule has 6 nitrogen and oxygen atoms in total. The molecule has 1 aliphatic heterocycles. The summed E-state index contributed by atoms with van der Waals surface area (Å²) < 4.78 is 1.56. The summed E-state index contributed by atoms with van der Waals surface area (Å²) in [4.78, 5) is 28.7. The van der Waals surface area contributed by atoms with E-state index in [2.05, 4.69) is 29.4 Å². The highest BCUT2D eigenvalue weighted by molar-refractivity contribution is 6.31. The largest absolute Gasteiger partial charge is 0.330 e. The van der Waals surface area contributed by atoms with Crippen LogP contribution in [0.3, 0.4) is 0 Å². The van der Waals surface area contributed by atoms with Gasteiger partial charge in [-0.15, -0.1) is 0 Å². The van der Waals surface area contributed by atoms with E-state index >= 15 is 0 Å². The van der Waals surface area contributed by atoms with Crippen molar-refractivity contribution in [3.63, 3.8) is 0 Å². The van der Waals surface area contributed by atoms with Gasteiger partial charge in [0.25, 0.3) is 5.56 Å². The molecule has 0 bridgehead atoms. The number of nitrogens with one attached hydrogen (secondary N) is 3. The molecule has 0 aliphatic carbocycles. The van der Waals surface area contributed by atoms with Crippen molar-refractivity contribution >= 4 is 17.4 Å². The fourth-order valence-electron chi connectivity index (χ4n) is 3.70. The van der Waals surface area contributed by atoms with Crippen molar-refractivity contribution in [1.82, 2.24) is 9.55 Å². The van der Waals surface area contributed by atoms with E-state index in [1.807, 2.05) is 36.4 Å². The number of aromatic amines is 1.